The second kappa shape index (κ2) is 13.3. The van der Waals surface area contributed by atoms with E-state index in [1.807, 2.05) is 23.5 Å². The van der Waals surface area contributed by atoms with Crippen LogP contribution in [0, 0.1) is 0 Å². The van der Waals surface area contributed by atoms with Crippen LogP contribution in [0.1, 0.15) is 0 Å². The number of hydrogen-bond donors (Lipinski definition) is 0. The highest BCUT2D eigenvalue weighted by Gasteiger charge is 2.21. The third kappa shape index (κ3) is 9.36. The summed E-state index contributed by atoms with van der Waals surface area (Å²) in [4.78, 5) is 24.4. The van der Waals surface area contributed by atoms with Crippen molar-refractivity contribution in [1.29, 1.82) is 0 Å². The summed E-state index contributed by atoms with van der Waals surface area (Å²) in [6.45, 7) is 7.46. The molecule has 0 spiro atoms. The van der Waals surface area contributed by atoms with Gasteiger partial charge in [-0.25, -0.2) is 9.59 Å². The Hall–Kier alpha value is -0.000000000000000222. The fourth-order valence-electron chi connectivity index (χ4n) is 1.79. The number of rotatable bonds is 12. The average molecular weight is 481 g/mol. The molecule has 0 aliphatic carbocycles. The number of hydrogen-bond acceptors (Lipinski definition) is 10. The average Bonchev–Trinajstić information content (AvgIpc) is 3.33. The van der Waals surface area contributed by atoms with Gasteiger partial charge in [0.05, 0.1) is 9.16 Å². The van der Waals surface area contributed by atoms with Gasteiger partial charge in [-0.2, -0.15) is 0 Å². The lowest BCUT2D eigenvalue weighted by atomic mass is 10.6. The molecule has 0 aromatic heterocycles. The minimum atomic E-state index is -0.380. The first-order valence-corrected chi connectivity index (χ1v) is 13.8. The van der Waals surface area contributed by atoms with Crippen molar-refractivity contribution >= 4 is 82.5 Å². The minimum Gasteiger partial charge on any atom is -0.457 e. The molecule has 0 N–H and O–H groups in total. The topological polar surface area (TPSA) is 52.6 Å². The fourth-order valence-corrected chi connectivity index (χ4v) is 9.71. The zero-order chi connectivity index (χ0) is 19.5. The Morgan fingerprint density at radius 2 is 1.37 bits per heavy atom. The summed E-state index contributed by atoms with van der Waals surface area (Å²) in [6, 6.07) is 0. The standard InChI is InChI=1S/C17H20O4S6/c1-3-14(18)20-5-12-7-24-16(26-12)9-22-11-23-10-17-25-8-13(27-17)6-21-15(19)4-2/h3-4,7-8,16-17H,1-2,5-6,9-11H2. The zero-order valence-electron chi connectivity index (χ0n) is 14.5. The summed E-state index contributed by atoms with van der Waals surface area (Å²) < 4.78 is 11.1. The largest absolute Gasteiger partial charge is 0.457 e. The first-order chi connectivity index (χ1) is 13.1. The van der Waals surface area contributed by atoms with Crippen LogP contribution in [0.3, 0.4) is 0 Å². The molecule has 0 bridgehead atoms. The summed E-state index contributed by atoms with van der Waals surface area (Å²) in [7, 11) is 0. The van der Waals surface area contributed by atoms with Crippen LogP contribution in [0.2, 0.25) is 0 Å². The maximum atomic E-state index is 11.1. The number of ether oxygens (including phenoxy) is 2. The highest BCUT2D eigenvalue weighted by molar-refractivity contribution is 8.25. The van der Waals surface area contributed by atoms with Crippen molar-refractivity contribution in [2.45, 2.75) is 9.16 Å². The van der Waals surface area contributed by atoms with E-state index in [4.69, 9.17) is 9.47 Å². The van der Waals surface area contributed by atoms with Crippen molar-refractivity contribution < 1.29 is 19.1 Å². The minimum absolute atomic E-state index is 0.339. The molecule has 4 nitrogen and oxygen atoms in total. The maximum absolute atomic E-state index is 11.1. The Balaban J connectivity index is 1.47. The van der Waals surface area contributed by atoms with Gasteiger partial charge < -0.3 is 9.47 Å². The fraction of sp³-hybridized carbons (Fsp3) is 0.412. The Labute approximate surface area is 185 Å². The van der Waals surface area contributed by atoms with Crippen molar-refractivity contribution in [2.75, 3.05) is 29.8 Å². The molecule has 0 aromatic carbocycles. The molecule has 148 valence electrons. The van der Waals surface area contributed by atoms with Crippen LogP contribution in [0.5, 0.6) is 0 Å². The van der Waals surface area contributed by atoms with Crippen molar-refractivity contribution in [3.63, 3.8) is 0 Å². The Kier molecular flexibility index (Phi) is 11.4. The van der Waals surface area contributed by atoms with Gasteiger partial charge in [0.1, 0.15) is 13.2 Å². The van der Waals surface area contributed by atoms with E-state index in [0.717, 1.165) is 26.4 Å². The van der Waals surface area contributed by atoms with Gasteiger partial charge >= 0.3 is 11.9 Å². The van der Waals surface area contributed by atoms with E-state index < -0.39 is 0 Å². The van der Waals surface area contributed by atoms with Crippen LogP contribution >= 0.6 is 70.6 Å². The Morgan fingerprint density at radius 3 is 1.78 bits per heavy atom. The smallest absolute Gasteiger partial charge is 0.330 e. The van der Waals surface area contributed by atoms with E-state index in [9.17, 15) is 9.59 Å². The van der Waals surface area contributed by atoms with E-state index in [1.54, 1.807) is 47.0 Å². The monoisotopic (exact) mass is 480 g/mol. The first kappa shape index (κ1) is 23.3. The lowest BCUT2D eigenvalue weighted by Gasteiger charge is -2.11. The van der Waals surface area contributed by atoms with Crippen LogP contribution < -0.4 is 0 Å². The van der Waals surface area contributed by atoms with Crippen LogP contribution in [0.25, 0.3) is 0 Å². The van der Waals surface area contributed by atoms with Gasteiger partial charge in [-0.05, 0) is 10.8 Å². The van der Waals surface area contributed by atoms with Crippen LogP contribution in [-0.2, 0) is 19.1 Å². The van der Waals surface area contributed by atoms with E-state index >= 15 is 0 Å². The SMILES string of the molecule is C=CC(=O)OCC1=CSC(CSCSCC2SC=C(COC(=O)C=C)S2)S1. The van der Waals surface area contributed by atoms with Gasteiger partial charge in [0, 0.05) is 38.6 Å². The van der Waals surface area contributed by atoms with Gasteiger partial charge in [0.2, 0.25) is 0 Å². The highest BCUT2D eigenvalue weighted by atomic mass is 32.2. The Bertz CT molecular complexity index is 567. The molecule has 2 atom stereocenters. The molecule has 2 unspecified atom stereocenters. The molecule has 27 heavy (non-hydrogen) atoms. The second-order valence-corrected chi connectivity index (χ2v) is 12.9. The van der Waals surface area contributed by atoms with Gasteiger partial charge in [-0.1, -0.05) is 13.2 Å². The van der Waals surface area contributed by atoms with Crippen molar-refractivity contribution in [1.82, 2.24) is 0 Å². The van der Waals surface area contributed by atoms with Crippen LogP contribution in [0.4, 0.5) is 0 Å². The van der Waals surface area contributed by atoms with Crippen LogP contribution in [-0.4, -0.2) is 50.9 Å². The lowest BCUT2D eigenvalue weighted by molar-refractivity contribution is -0.137. The number of carbonyl (C=O) groups is 2. The second-order valence-electron chi connectivity index (χ2n) is 5.02. The first-order valence-electron chi connectivity index (χ1n) is 7.87. The predicted octanol–water partition coefficient (Wildman–Crippen LogP) is 5.16. The predicted molar refractivity (Wildman–Crippen MR) is 126 cm³/mol. The van der Waals surface area contributed by atoms with Crippen LogP contribution in [0.15, 0.2) is 45.9 Å². The molecule has 2 heterocycles. The molecule has 0 fully saturated rings. The third-order valence-electron chi connectivity index (χ3n) is 2.99. The molecule has 0 saturated carbocycles. The third-order valence-corrected chi connectivity index (χ3v) is 11.6. The van der Waals surface area contributed by atoms with Crippen molar-refractivity contribution in [3.05, 3.63) is 45.9 Å². The van der Waals surface area contributed by atoms with Crippen molar-refractivity contribution in [3.8, 4) is 0 Å². The van der Waals surface area contributed by atoms with Gasteiger partial charge in [-0.15, -0.1) is 70.6 Å². The molecule has 0 saturated heterocycles. The molecule has 0 radical (unpaired) electrons. The lowest BCUT2D eigenvalue weighted by Crippen LogP contribution is -2.04. The molecular weight excluding hydrogens is 461 g/mol. The van der Waals surface area contributed by atoms with E-state index in [1.165, 1.54) is 12.2 Å². The van der Waals surface area contributed by atoms with E-state index in [0.29, 0.717) is 22.4 Å². The summed E-state index contributed by atoms with van der Waals surface area (Å²) >= 11 is 11.0. The highest BCUT2D eigenvalue weighted by Crippen LogP contribution is 2.43. The molecule has 2 aliphatic heterocycles. The normalized spacial score (nSPS) is 21.3. The molecular formula is C17H20O4S6. The van der Waals surface area contributed by atoms with Gasteiger partial charge in [0.25, 0.3) is 0 Å². The molecule has 0 amide bonds. The quantitative estimate of drug-likeness (QED) is 0.162. The summed E-state index contributed by atoms with van der Waals surface area (Å²) in [6.07, 6.45) is 2.37. The molecule has 2 aliphatic rings. The number of carbonyl (C=O) groups excluding carboxylic acids is 2. The summed E-state index contributed by atoms with van der Waals surface area (Å²) in [5.41, 5.74) is 0. The molecule has 2 rings (SSSR count). The van der Waals surface area contributed by atoms with E-state index in [-0.39, 0.29) is 11.9 Å². The maximum Gasteiger partial charge on any atom is 0.330 e. The van der Waals surface area contributed by atoms with Gasteiger partial charge in [-0.3, -0.25) is 0 Å². The Morgan fingerprint density at radius 1 is 0.926 bits per heavy atom. The number of thioether (sulfide) groups is 6. The summed E-state index contributed by atoms with van der Waals surface area (Å²) in [5, 5.41) is 5.21. The zero-order valence-corrected chi connectivity index (χ0v) is 19.4. The number of esters is 2. The summed E-state index contributed by atoms with van der Waals surface area (Å²) in [5.74, 6) is 1.36. The molecule has 10 heteroatoms. The van der Waals surface area contributed by atoms with Crippen molar-refractivity contribution in [2.24, 2.45) is 0 Å². The van der Waals surface area contributed by atoms with E-state index in [2.05, 4.69) is 24.0 Å². The molecule has 0 aromatic rings. The van der Waals surface area contributed by atoms with Gasteiger partial charge in [0.15, 0.2) is 0 Å².